The van der Waals surface area contributed by atoms with E-state index in [-0.39, 0.29) is 0 Å². The molecule has 1 rings (SSSR count). The van der Waals surface area contributed by atoms with Crippen LogP contribution in [0, 0.1) is 6.92 Å². The molecule has 0 nitrogen and oxygen atoms in total. The van der Waals surface area contributed by atoms with Gasteiger partial charge in [-0.05, 0) is 31.1 Å². The van der Waals surface area contributed by atoms with E-state index in [0.29, 0.717) is 0 Å². The van der Waals surface area contributed by atoms with Crippen molar-refractivity contribution < 1.29 is 0 Å². The fourth-order valence-electron chi connectivity index (χ4n) is 1.47. The number of halogens is 1. The van der Waals surface area contributed by atoms with Crippen molar-refractivity contribution in [3.05, 3.63) is 35.4 Å². The largest absolute Gasteiger partial charge is 0.157 e. The number of unbranched alkanes of at least 4 members (excludes halogenated alkanes) is 2. The second-order valence-corrected chi connectivity index (χ2v) is 5.69. The molecule has 84 valence electrons. The Bertz CT molecular complexity index is 273. The second-order valence-electron chi connectivity index (χ2n) is 3.79. The Morgan fingerprint density at radius 2 is 2.07 bits per heavy atom. The van der Waals surface area contributed by atoms with Crippen LogP contribution in [0.1, 0.15) is 30.4 Å². The molecule has 0 radical (unpaired) electrons. The SMILES string of the molecule is Cc1cccc(CSCCCCCBr)c1. The Balaban J connectivity index is 2.10. The maximum absolute atomic E-state index is 3.46. The average molecular weight is 287 g/mol. The number of aryl methyl sites for hydroxylation is 1. The highest BCUT2D eigenvalue weighted by atomic mass is 79.9. The minimum absolute atomic E-state index is 1.15. The maximum Gasteiger partial charge on any atom is 0.0184 e. The van der Waals surface area contributed by atoms with E-state index in [9.17, 15) is 0 Å². The van der Waals surface area contributed by atoms with Crippen LogP contribution in [0.15, 0.2) is 24.3 Å². The number of hydrogen-bond acceptors (Lipinski definition) is 1. The lowest BCUT2D eigenvalue weighted by Gasteiger charge is -2.02. The van der Waals surface area contributed by atoms with Gasteiger partial charge in [-0.1, -0.05) is 52.2 Å². The van der Waals surface area contributed by atoms with Crippen LogP contribution in [0.2, 0.25) is 0 Å². The minimum atomic E-state index is 1.15. The molecule has 2 heteroatoms. The smallest absolute Gasteiger partial charge is 0.0184 e. The molecule has 1 aromatic carbocycles. The van der Waals surface area contributed by atoms with Crippen molar-refractivity contribution in [3.63, 3.8) is 0 Å². The molecule has 0 N–H and O–H groups in total. The van der Waals surface area contributed by atoms with Crippen LogP contribution in [-0.2, 0) is 5.75 Å². The molecule has 0 bridgehead atoms. The van der Waals surface area contributed by atoms with Crippen LogP contribution in [0.3, 0.4) is 0 Å². The number of alkyl halides is 1. The highest BCUT2D eigenvalue weighted by molar-refractivity contribution is 9.09. The maximum atomic E-state index is 3.46. The molecule has 0 heterocycles. The summed E-state index contributed by atoms with van der Waals surface area (Å²) in [6.07, 6.45) is 4.01. The van der Waals surface area contributed by atoms with Gasteiger partial charge in [-0.25, -0.2) is 0 Å². The van der Waals surface area contributed by atoms with Crippen molar-refractivity contribution in [1.82, 2.24) is 0 Å². The summed E-state index contributed by atoms with van der Waals surface area (Å²) in [5, 5.41) is 1.15. The van der Waals surface area contributed by atoms with Crippen molar-refractivity contribution in [2.24, 2.45) is 0 Å². The first-order chi connectivity index (χ1) is 7.33. The highest BCUT2D eigenvalue weighted by Gasteiger charge is 1.94. The number of thioether (sulfide) groups is 1. The predicted octanol–water partition coefficient (Wildman–Crippen LogP) is 4.79. The zero-order chi connectivity index (χ0) is 10.9. The zero-order valence-electron chi connectivity index (χ0n) is 9.34. The van der Waals surface area contributed by atoms with Gasteiger partial charge in [0, 0.05) is 11.1 Å². The first-order valence-electron chi connectivity index (χ1n) is 5.52. The Hall–Kier alpha value is 0.0500. The molecule has 0 fully saturated rings. The highest BCUT2D eigenvalue weighted by Crippen LogP contribution is 2.15. The van der Waals surface area contributed by atoms with E-state index in [4.69, 9.17) is 0 Å². The molecule has 1 aromatic rings. The van der Waals surface area contributed by atoms with E-state index >= 15 is 0 Å². The van der Waals surface area contributed by atoms with Gasteiger partial charge in [-0.2, -0.15) is 11.8 Å². The average Bonchev–Trinajstić information content (AvgIpc) is 2.23. The first-order valence-corrected chi connectivity index (χ1v) is 7.80. The van der Waals surface area contributed by atoms with Crippen LogP contribution < -0.4 is 0 Å². The molecule has 15 heavy (non-hydrogen) atoms. The summed E-state index contributed by atoms with van der Waals surface area (Å²) in [5.74, 6) is 2.46. The van der Waals surface area contributed by atoms with E-state index in [1.165, 1.54) is 36.1 Å². The fraction of sp³-hybridized carbons (Fsp3) is 0.538. The molecule has 0 atom stereocenters. The van der Waals surface area contributed by atoms with E-state index in [1.807, 2.05) is 0 Å². The van der Waals surface area contributed by atoms with Gasteiger partial charge in [-0.3, -0.25) is 0 Å². The molecule has 0 aliphatic rings. The summed E-state index contributed by atoms with van der Waals surface area (Å²) >= 11 is 5.51. The third kappa shape index (κ3) is 6.26. The molecule has 0 unspecified atom stereocenters. The first kappa shape index (κ1) is 13.1. The fourth-order valence-corrected chi connectivity index (χ4v) is 2.83. The zero-order valence-corrected chi connectivity index (χ0v) is 11.7. The molecule has 0 aliphatic carbocycles. The Morgan fingerprint density at radius 1 is 1.20 bits per heavy atom. The van der Waals surface area contributed by atoms with Gasteiger partial charge in [0.2, 0.25) is 0 Å². The van der Waals surface area contributed by atoms with Crippen molar-refractivity contribution in [1.29, 1.82) is 0 Å². The summed E-state index contributed by atoms with van der Waals surface area (Å²) in [4.78, 5) is 0. The molecular formula is C13H19BrS. The monoisotopic (exact) mass is 286 g/mol. The summed E-state index contributed by atoms with van der Waals surface area (Å²) < 4.78 is 0. The summed E-state index contributed by atoms with van der Waals surface area (Å²) in [6.45, 7) is 2.16. The van der Waals surface area contributed by atoms with Crippen LogP contribution in [-0.4, -0.2) is 11.1 Å². The van der Waals surface area contributed by atoms with E-state index in [1.54, 1.807) is 0 Å². The lowest BCUT2D eigenvalue weighted by Crippen LogP contribution is -1.85. The standard InChI is InChI=1S/C13H19BrS/c1-12-6-5-7-13(10-12)11-15-9-4-2-3-8-14/h5-7,10H,2-4,8-9,11H2,1H3. The summed E-state index contributed by atoms with van der Waals surface area (Å²) in [6, 6.07) is 8.81. The molecule has 0 aliphatic heterocycles. The van der Waals surface area contributed by atoms with Crippen LogP contribution >= 0.6 is 27.7 Å². The van der Waals surface area contributed by atoms with Crippen LogP contribution in [0.5, 0.6) is 0 Å². The number of hydrogen-bond donors (Lipinski definition) is 0. The lowest BCUT2D eigenvalue weighted by atomic mass is 10.2. The molecule has 0 saturated carbocycles. The Labute approximate surface area is 106 Å². The van der Waals surface area contributed by atoms with Crippen molar-refractivity contribution in [3.8, 4) is 0 Å². The Morgan fingerprint density at radius 3 is 2.80 bits per heavy atom. The van der Waals surface area contributed by atoms with Gasteiger partial charge in [0.05, 0.1) is 0 Å². The van der Waals surface area contributed by atoms with Gasteiger partial charge in [-0.15, -0.1) is 0 Å². The van der Waals surface area contributed by atoms with Gasteiger partial charge in [0.25, 0.3) is 0 Å². The van der Waals surface area contributed by atoms with Crippen molar-refractivity contribution >= 4 is 27.7 Å². The number of benzene rings is 1. The van der Waals surface area contributed by atoms with E-state index < -0.39 is 0 Å². The van der Waals surface area contributed by atoms with E-state index in [0.717, 1.165) is 11.1 Å². The number of rotatable bonds is 7. The quantitative estimate of drug-likeness (QED) is 0.513. The normalized spacial score (nSPS) is 10.5. The molecular weight excluding hydrogens is 268 g/mol. The summed E-state index contributed by atoms with van der Waals surface area (Å²) in [5.41, 5.74) is 2.83. The van der Waals surface area contributed by atoms with Crippen molar-refractivity contribution in [2.45, 2.75) is 31.9 Å². The Kier molecular flexibility index (Phi) is 7.20. The van der Waals surface area contributed by atoms with Gasteiger partial charge in [0.1, 0.15) is 0 Å². The third-order valence-electron chi connectivity index (χ3n) is 2.27. The van der Waals surface area contributed by atoms with Gasteiger partial charge < -0.3 is 0 Å². The predicted molar refractivity (Wildman–Crippen MR) is 75.0 cm³/mol. The topological polar surface area (TPSA) is 0 Å². The summed E-state index contributed by atoms with van der Waals surface area (Å²) in [7, 11) is 0. The molecule has 0 spiro atoms. The van der Waals surface area contributed by atoms with E-state index in [2.05, 4.69) is 58.9 Å². The van der Waals surface area contributed by atoms with Gasteiger partial charge >= 0.3 is 0 Å². The third-order valence-corrected chi connectivity index (χ3v) is 3.95. The lowest BCUT2D eigenvalue weighted by molar-refractivity contribution is 0.788. The van der Waals surface area contributed by atoms with Crippen molar-refractivity contribution in [2.75, 3.05) is 11.1 Å². The minimum Gasteiger partial charge on any atom is -0.157 e. The van der Waals surface area contributed by atoms with Crippen LogP contribution in [0.25, 0.3) is 0 Å². The second kappa shape index (κ2) is 8.23. The van der Waals surface area contributed by atoms with Crippen LogP contribution in [0.4, 0.5) is 0 Å². The molecule has 0 amide bonds. The molecule has 0 saturated heterocycles. The molecule has 0 aromatic heterocycles. The van der Waals surface area contributed by atoms with Gasteiger partial charge in [0.15, 0.2) is 0 Å².